The SMILES string of the molecule is NCC1OC(=O)CC12CCOC2. The highest BCUT2D eigenvalue weighted by Crippen LogP contribution is 2.42. The standard InChI is InChI=1S/C8H13NO3/c9-4-6-8(1-2-11-5-8)3-7(10)12-6/h6H,1-5,9H2. The summed E-state index contributed by atoms with van der Waals surface area (Å²) >= 11 is 0. The molecule has 2 unspecified atom stereocenters. The van der Waals surface area contributed by atoms with Gasteiger partial charge in [0.2, 0.25) is 0 Å². The molecule has 0 bridgehead atoms. The van der Waals surface area contributed by atoms with E-state index in [0.29, 0.717) is 19.6 Å². The molecule has 0 saturated carbocycles. The van der Waals surface area contributed by atoms with Gasteiger partial charge in [-0.3, -0.25) is 4.79 Å². The highest BCUT2D eigenvalue weighted by atomic mass is 16.6. The lowest BCUT2D eigenvalue weighted by Crippen LogP contribution is -2.37. The van der Waals surface area contributed by atoms with E-state index in [0.717, 1.165) is 13.0 Å². The molecule has 2 rings (SSSR count). The van der Waals surface area contributed by atoms with Gasteiger partial charge in [-0.1, -0.05) is 0 Å². The molecule has 4 nitrogen and oxygen atoms in total. The van der Waals surface area contributed by atoms with E-state index in [1.807, 2.05) is 0 Å². The summed E-state index contributed by atoms with van der Waals surface area (Å²) in [6.45, 7) is 1.77. The second-order valence-corrected chi connectivity index (χ2v) is 3.56. The Bertz CT molecular complexity index is 198. The Morgan fingerprint density at radius 3 is 3.08 bits per heavy atom. The maximum Gasteiger partial charge on any atom is 0.306 e. The van der Waals surface area contributed by atoms with Gasteiger partial charge in [-0.25, -0.2) is 0 Å². The largest absolute Gasteiger partial charge is 0.460 e. The van der Waals surface area contributed by atoms with Gasteiger partial charge in [0.05, 0.1) is 13.0 Å². The van der Waals surface area contributed by atoms with Crippen LogP contribution in [0.1, 0.15) is 12.8 Å². The third kappa shape index (κ3) is 1.03. The molecule has 0 radical (unpaired) electrons. The molecule has 2 atom stereocenters. The van der Waals surface area contributed by atoms with Crippen LogP contribution in [0.15, 0.2) is 0 Å². The molecule has 4 heteroatoms. The minimum atomic E-state index is -0.129. The van der Waals surface area contributed by atoms with Crippen LogP contribution in [0, 0.1) is 5.41 Å². The molecule has 68 valence electrons. The number of esters is 1. The number of rotatable bonds is 1. The zero-order valence-electron chi connectivity index (χ0n) is 6.91. The summed E-state index contributed by atoms with van der Waals surface area (Å²) in [6.07, 6.45) is 1.27. The molecule has 2 aliphatic heterocycles. The monoisotopic (exact) mass is 171 g/mol. The Morgan fingerprint density at radius 2 is 2.50 bits per heavy atom. The van der Waals surface area contributed by atoms with Gasteiger partial charge in [0.1, 0.15) is 6.10 Å². The summed E-state index contributed by atoms with van der Waals surface area (Å²) in [5.41, 5.74) is 5.43. The van der Waals surface area contributed by atoms with Crippen LogP contribution in [-0.4, -0.2) is 31.8 Å². The topological polar surface area (TPSA) is 61.5 Å². The molecule has 2 saturated heterocycles. The number of carbonyl (C=O) groups excluding carboxylic acids is 1. The first kappa shape index (κ1) is 8.01. The van der Waals surface area contributed by atoms with E-state index in [9.17, 15) is 4.79 Å². The Morgan fingerprint density at radius 1 is 1.67 bits per heavy atom. The molecular formula is C8H13NO3. The van der Waals surface area contributed by atoms with E-state index in [1.54, 1.807) is 0 Å². The fraction of sp³-hybridized carbons (Fsp3) is 0.875. The smallest absolute Gasteiger partial charge is 0.306 e. The molecule has 0 aromatic rings. The van der Waals surface area contributed by atoms with E-state index >= 15 is 0 Å². The van der Waals surface area contributed by atoms with Gasteiger partial charge in [-0.2, -0.15) is 0 Å². The lowest BCUT2D eigenvalue weighted by atomic mass is 9.80. The number of ether oxygens (including phenoxy) is 2. The summed E-state index contributed by atoms with van der Waals surface area (Å²) < 4.78 is 10.4. The summed E-state index contributed by atoms with van der Waals surface area (Å²) in [4.78, 5) is 11.0. The van der Waals surface area contributed by atoms with Crippen molar-refractivity contribution in [1.82, 2.24) is 0 Å². The van der Waals surface area contributed by atoms with E-state index in [1.165, 1.54) is 0 Å². The molecule has 12 heavy (non-hydrogen) atoms. The first-order chi connectivity index (χ1) is 5.77. The van der Waals surface area contributed by atoms with Crippen molar-refractivity contribution in [2.45, 2.75) is 18.9 Å². The Labute approximate surface area is 71.0 Å². The molecule has 0 aliphatic carbocycles. The molecule has 0 amide bonds. The highest BCUT2D eigenvalue weighted by molar-refractivity contribution is 5.73. The van der Waals surface area contributed by atoms with E-state index in [4.69, 9.17) is 15.2 Å². The number of hydrogen-bond acceptors (Lipinski definition) is 4. The van der Waals surface area contributed by atoms with Crippen LogP contribution < -0.4 is 5.73 Å². The van der Waals surface area contributed by atoms with Crippen molar-refractivity contribution >= 4 is 5.97 Å². The third-order valence-electron chi connectivity index (χ3n) is 2.80. The molecule has 2 fully saturated rings. The minimum absolute atomic E-state index is 0.0914. The normalized spacial score (nSPS) is 40.8. The Balaban J connectivity index is 2.16. The summed E-state index contributed by atoms with van der Waals surface area (Å²) in [5.74, 6) is -0.129. The van der Waals surface area contributed by atoms with Gasteiger partial charge in [0.15, 0.2) is 0 Å². The van der Waals surface area contributed by atoms with Crippen molar-refractivity contribution in [1.29, 1.82) is 0 Å². The molecule has 1 spiro atoms. The first-order valence-electron chi connectivity index (χ1n) is 4.24. The maximum absolute atomic E-state index is 11.0. The van der Waals surface area contributed by atoms with Crippen LogP contribution in [0.2, 0.25) is 0 Å². The van der Waals surface area contributed by atoms with Crippen LogP contribution in [-0.2, 0) is 14.3 Å². The van der Waals surface area contributed by atoms with Gasteiger partial charge in [0, 0.05) is 18.6 Å². The van der Waals surface area contributed by atoms with Gasteiger partial charge < -0.3 is 15.2 Å². The van der Waals surface area contributed by atoms with Gasteiger partial charge in [-0.05, 0) is 6.42 Å². The Kier molecular flexibility index (Phi) is 1.81. The van der Waals surface area contributed by atoms with Crippen molar-refractivity contribution in [3.8, 4) is 0 Å². The molecule has 2 N–H and O–H groups in total. The van der Waals surface area contributed by atoms with E-state index in [-0.39, 0.29) is 17.5 Å². The van der Waals surface area contributed by atoms with Crippen LogP contribution in [0.5, 0.6) is 0 Å². The highest BCUT2D eigenvalue weighted by Gasteiger charge is 2.50. The van der Waals surface area contributed by atoms with Crippen molar-refractivity contribution in [2.24, 2.45) is 11.1 Å². The number of cyclic esters (lactones) is 1. The lowest BCUT2D eigenvalue weighted by Gasteiger charge is -2.24. The van der Waals surface area contributed by atoms with Crippen molar-refractivity contribution < 1.29 is 14.3 Å². The van der Waals surface area contributed by atoms with Crippen LogP contribution in [0.4, 0.5) is 0 Å². The summed E-state index contributed by atoms with van der Waals surface area (Å²) in [6, 6.07) is 0. The number of nitrogens with two attached hydrogens (primary N) is 1. The number of carbonyl (C=O) groups is 1. The molecule has 2 heterocycles. The predicted molar refractivity (Wildman–Crippen MR) is 41.4 cm³/mol. The second kappa shape index (κ2) is 2.71. The first-order valence-corrected chi connectivity index (χ1v) is 4.24. The fourth-order valence-electron chi connectivity index (χ4n) is 2.04. The van der Waals surface area contributed by atoms with E-state index in [2.05, 4.69) is 0 Å². The zero-order chi connectivity index (χ0) is 8.60. The predicted octanol–water partition coefficient (Wildman–Crippen LogP) is -0.333. The second-order valence-electron chi connectivity index (χ2n) is 3.56. The summed E-state index contributed by atoms with van der Waals surface area (Å²) in [5, 5.41) is 0. The van der Waals surface area contributed by atoms with Crippen molar-refractivity contribution in [3.63, 3.8) is 0 Å². The van der Waals surface area contributed by atoms with Crippen molar-refractivity contribution in [3.05, 3.63) is 0 Å². The average molecular weight is 171 g/mol. The Hall–Kier alpha value is -0.610. The maximum atomic E-state index is 11.0. The average Bonchev–Trinajstić information content (AvgIpc) is 2.60. The van der Waals surface area contributed by atoms with Crippen LogP contribution >= 0.6 is 0 Å². The number of hydrogen-bond donors (Lipinski definition) is 1. The fourth-order valence-corrected chi connectivity index (χ4v) is 2.04. The summed E-state index contributed by atoms with van der Waals surface area (Å²) in [7, 11) is 0. The lowest BCUT2D eigenvalue weighted by molar-refractivity contribution is -0.141. The molecule has 0 aromatic heterocycles. The van der Waals surface area contributed by atoms with E-state index < -0.39 is 0 Å². The van der Waals surface area contributed by atoms with Gasteiger partial charge >= 0.3 is 5.97 Å². The van der Waals surface area contributed by atoms with Crippen LogP contribution in [0.25, 0.3) is 0 Å². The molecule has 0 aromatic carbocycles. The third-order valence-corrected chi connectivity index (χ3v) is 2.80. The van der Waals surface area contributed by atoms with Gasteiger partial charge in [0.25, 0.3) is 0 Å². The van der Waals surface area contributed by atoms with Crippen LogP contribution in [0.3, 0.4) is 0 Å². The minimum Gasteiger partial charge on any atom is -0.460 e. The quantitative estimate of drug-likeness (QED) is 0.549. The molecule has 2 aliphatic rings. The zero-order valence-corrected chi connectivity index (χ0v) is 6.91. The van der Waals surface area contributed by atoms with Gasteiger partial charge in [-0.15, -0.1) is 0 Å². The van der Waals surface area contributed by atoms with Crippen molar-refractivity contribution in [2.75, 3.05) is 19.8 Å². The molecular weight excluding hydrogens is 158 g/mol.